The normalized spacial score (nSPS) is 10.3. The third kappa shape index (κ3) is 2.79. The van der Waals surface area contributed by atoms with Crippen molar-refractivity contribution in [2.75, 3.05) is 0 Å². The smallest absolute Gasteiger partial charge is 0.312 e. The lowest BCUT2D eigenvalue weighted by Gasteiger charge is -2.07. The Labute approximate surface area is 118 Å². The molecule has 0 saturated carbocycles. The van der Waals surface area contributed by atoms with Crippen LogP contribution in [0.15, 0.2) is 36.4 Å². The van der Waals surface area contributed by atoms with Crippen molar-refractivity contribution >= 4 is 11.8 Å². The minimum absolute atomic E-state index is 0.0914. The molecule has 0 N–H and O–H groups in total. The van der Waals surface area contributed by atoms with Gasteiger partial charge in [0.05, 0.1) is 5.69 Å². The average Bonchev–Trinajstić information content (AvgIpc) is 2.80. The number of carbonyl (C=O) groups is 2. The van der Waals surface area contributed by atoms with Gasteiger partial charge in [-0.1, -0.05) is 36.8 Å². The number of carbonyl (C=O) groups excluding carboxylic acids is 2. The number of benzene rings is 1. The summed E-state index contributed by atoms with van der Waals surface area (Å²) in [5.74, 6) is -0.0286. The zero-order valence-corrected chi connectivity index (χ0v) is 11.8. The first-order valence-electron chi connectivity index (χ1n) is 6.50. The minimum Gasteiger partial charge on any atom is -0.409 e. The second-order valence-electron chi connectivity index (χ2n) is 4.64. The van der Waals surface area contributed by atoms with E-state index < -0.39 is 0 Å². The largest absolute Gasteiger partial charge is 0.409 e. The number of hydrogen-bond acceptors (Lipinski definition) is 3. The van der Waals surface area contributed by atoms with Gasteiger partial charge in [0.2, 0.25) is 11.7 Å². The lowest BCUT2D eigenvalue weighted by Crippen LogP contribution is -2.12. The van der Waals surface area contributed by atoms with Crippen molar-refractivity contribution in [1.82, 2.24) is 4.57 Å². The number of ketones is 1. The van der Waals surface area contributed by atoms with E-state index in [1.165, 1.54) is 0 Å². The van der Waals surface area contributed by atoms with Crippen LogP contribution in [0.25, 0.3) is 0 Å². The second-order valence-corrected chi connectivity index (χ2v) is 4.64. The molecule has 20 heavy (non-hydrogen) atoms. The first kappa shape index (κ1) is 14.1. The Morgan fingerprint density at radius 1 is 1.10 bits per heavy atom. The maximum absolute atomic E-state index is 12.4. The first-order valence-corrected chi connectivity index (χ1v) is 6.50. The van der Waals surface area contributed by atoms with E-state index >= 15 is 0 Å². The van der Waals surface area contributed by atoms with E-state index in [0.29, 0.717) is 23.6 Å². The Balaban J connectivity index is 2.27. The van der Waals surface area contributed by atoms with Gasteiger partial charge < -0.3 is 9.30 Å². The summed E-state index contributed by atoms with van der Waals surface area (Å²) in [7, 11) is 1.71. The molecule has 0 aliphatic heterocycles. The van der Waals surface area contributed by atoms with Gasteiger partial charge in [0.25, 0.3) is 0 Å². The van der Waals surface area contributed by atoms with Crippen LogP contribution in [0.5, 0.6) is 5.88 Å². The standard InChI is InChI=1S/C16H17NO3/c1-4-15(18)20-14-10-9-13(17(14)3)16(19)12-7-5-11(2)6-8-12/h5-10H,4H2,1-3H3. The number of rotatable bonds is 4. The van der Waals surface area contributed by atoms with Gasteiger partial charge in [0.15, 0.2) is 0 Å². The molecule has 1 aromatic carbocycles. The molecule has 0 spiro atoms. The van der Waals surface area contributed by atoms with Crippen LogP contribution in [0.3, 0.4) is 0 Å². The number of aromatic nitrogens is 1. The first-order chi connectivity index (χ1) is 9.52. The minimum atomic E-state index is -0.319. The van der Waals surface area contributed by atoms with Gasteiger partial charge in [0, 0.05) is 25.1 Å². The Morgan fingerprint density at radius 3 is 2.35 bits per heavy atom. The average molecular weight is 271 g/mol. The van der Waals surface area contributed by atoms with E-state index in [4.69, 9.17) is 4.74 Å². The van der Waals surface area contributed by atoms with E-state index in [1.807, 2.05) is 19.1 Å². The van der Waals surface area contributed by atoms with Crippen molar-refractivity contribution in [3.8, 4) is 5.88 Å². The molecule has 0 radical (unpaired) electrons. The molecule has 4 nitrogen and oxygen atoms in total. The quantitative estimate of drug-likeness (QED) is 0.634. The van der Waals surface area contributed by atoms with Crippen molar-refractivity contribution in [1.29, 1.82) is 0 Å². The van der Waals surface area contributed by atoms with Gasteiger partial charge in [-0.15, -0.1) is 0 Å². The Morgan fingerprint density at radius 2 is 1.75 bits per heavy atom. The van der Waals surface area contributed by atoms with E-state index in [2.05, 4.69) is 0 Å². The van der Waals surface area contributed by atoms with Crippen LogP contribution < -0.4 is 4.74 Å². The summed E-state index contributed by atoms with van der Waals surface area (Å²) < 4.78 is 6.74. The number of esters is 1. The molecular formula is C16H17NO3. The molecule has 0 saturated heterocycles. The Kier molecular flexibility index (Phi) is 4.03. The predicted molar refractivity (Wildman–Crippen MR) is 76.0 cm³/mol. The topological polar surface area (TPSA) is 48.3 Å². The van der Waals surface area contributed by atoms with Crippen LogP contribution in [0.2, 0.25) is 0 Å². The summed E-state index contributed by atoms with van der Waals surface area (Å²) in [4.78, 5) is 23.7. The Bertz CT molecular complexity index is 638. The number of hydrogen-bond donors (Lipinski definition) is 0. The Hall–Kier alpha value is -2.36. The molecule has 0 unspecified atom stereocenters. The van der Waals surface area contributed by atoms with Crippen molar-refractivity contribution in [2.45, 2.75) is 20.3 Å². The van der Waals surface area contributed by atoms with E-state index in [-0.39, 0.29) is 11.8 Å². The summed E-state index contributed by atoms with van der Waals surface area (Å²) in [6.45, 7) is 3.70. The molecule has 0 aliphatic carbocycles. The van der Waals surface area contributed by atoms with Crippen LogP contribution >= 0.6 is 0 Å². The maximum atomic E-state index is 12.4. The molecule has 0 bridgehead atoms. The van der Waals surface area contributed by atoms with Gasteiger partial charge in [-0.2, -0.15) is 0 Å². The molecule has 0 amide bonds. The van der Waals surface area contributed by atoms with E-state index in [9.17, 15) is 9.59 Å². The zero-order chi connectivity index (χ0) is 14.7. The van der Waals surface area contributed by atoms with Crippen LogP contribution in [0, 0.1) is 6.92 Å². The monoisotopic (exact) mass is 271 g/mol. The number of nitrogens with zero attached hydrogens (tertiary/aromatic N) is 1. The molecule has 1 heterocycles. The summed E-state index contributed by atoms with van der Waals surface area (Å²) in [6.07, 6.45) is 0.298. The van der Waals surface area contributed by atoms with Crippen LogP contribution in [0.1, 0.15) is 35.0 Å². The highest BCUT2D eigenvalue weighted by Crippen LogP contribution is 2.19. The van der Waals surface area contributed by atoms with Crippen molar-refractivity contribution in [3.05, 3.63) is 53.2 Å². The number of aryl methyl sites for hydroxylation is 1. The fourth-order valence-corrected chi connectivity index (χ4v) is 1.86. The van der Waals surface area contributed by atoms with Crippen molar-refractivity contribution in [3.63, 3.8) is 0 Å². The SMILES string of the molecule is CCC(=O)Oc1ccc(C(=O)c2ccc(C)cc2)n1C. The molecule has 4 heteroatoms. The van der Waals surface area contributed by atoms with Gasteiger partial charge >= 0.3 is 5.97 Å². The lowest BCUT2D eigenvalue weighted by atomic mass is 10.1. The molecule has 2 rings (SSSR count). The van der Waals surface area contributed by atoms with Gasteiger partial charge in [-0.25, -0.2) is 0 Å². The fraction of sp³-hybridized carbons (Fsp3) is 0.250. The van der Waals surface area contributed by atoms with Crippen LogP contribution in [-0.2, 0) is 11.8 Å². The molecular weight excluding hydrogens is 254 g/mol. The molecule has 0 fully saturated rings. The van der Waals surface area contributed by atoms with Crippen molar-refractivity contribution in [2.24, 2.45) is 7.05 Å². The van der Waals surface area contributed by atoms with E-state index in [1.54, 1.807) is 42.8 Å². The summed E-state index contributed by atoms with van der Waals surface area (Å²) in [5, 5.41) is 0. The summed E-state index contributed by atoms with van der Waals surface area (Å²) in [5.41, 5.74) is 2.21. The van der Waals surface area contributed by atoms with E-state index in [0.717, 1.165) is 5.56 Å². The molecule has 104 valence electrons. The van der Waals surface area contributed by atoms with Crippen molar-refractivity contribution < 1.29 is 14.3 Å². The molecule has 0 atom stereocenters. The molecule has 1 aromatic heterocycles. The molecule has 0 aliphatic rings. The van der Waals surface area contributed by atoms with Gasteiger partial charge in [-0.3, -0.25) is 9.59 Å². The third-order valence-corrected chi connectivity index (χ3v) is 3.13. The fourth-order valence-electron chi connectivity index (χ4n) is 1.86. The van der Waals surface area contributed by atoms with Gasteiger partial charge in [0.1, 0.15) is 0 Å². The molecule has 2 aromatic rings. The lowest BCUT2D eigenvalue weighted by molar-refractivity contribution is -0.134. The predicted octanol–water partition coefficient (Wildman–Crippen LogP) is 2.88. The highest BCUT2D eigenvalue weighted by Gasteiger charge is 2.16. The van der Waals surface area contributed by atoms with Crippen LogP contribution in [-0.4, -0.2) is 16.3 Å². The summed E-state index contributed by atoms with van der Waals surface area (Å²) in [6, 6.07) is 10.7. The zero-order valence-electron chi connectivity index (χ0n) is 11.8. The third-order valence-electron chi connectivity index (χ3n) is 3.13. The maximum Gasteiger partial charge on any atom is 0.312 e. The van der Waals surface area contributed by atoms with Gasteiger partial charge in [-0.05, 0) is 13.0 Å². The summed E-state index contributed by atoms with van der Waals surface area (Å²) >= 11 is 0. The number of ether oxygens (including phenoxy) is 1. The highest BCUT2D eigenvalue weighted by molar-refractivity contribution is 6.08. The second kappa shape index (κ2) is 5.74. The highest BCUT2D eigenvalue weighted by atomic mass is 16.5. The van der Waals surface area contributed by atoms with Crippen LogP contribution in [0.4, 0.5) is 0 Å².